The molecule has 0 saturated carbocycles. The number of hydrogen-bond acceptors (Lipinski definition) is 0. The maximum absolute atomic E-state index is 2.42. The predicted octanol–water partition coefficient (Wildman–Crippen LogP) is 4.67. The molecule has 0 aliphatic heterocycles. The first-order chi connectivity index (χ1) is 6.33. The summed E-state index contributed by atoms with van der Waals surface area (Å²) in [5.74, 6) is 0. The van der Waals surface area contributed by atoms with Crippen molar-refractivity contribution in [3.05, 3.63) is 0 Å². The van der Waals surface area contributed by atoms with E-state index < -0.39 is 0 Å². The van der Waals surface area contributed by atoms with E-state index in [0.29, 0.717) is 10.7 Å². The van der Waals surface area contributed by atoms with E-state index in [4.69, 9.17) is 0 Å². The number of hydrogen-bond donors (Lipinski definition) is 0. The molecule has 84 valence electrons. The van der Waals surface area contributed by atoms with Crippen molar-refractivity contribution in [2.45, 2.75) is 78.9 Å². The molecule has 0 bridgehead atoms. The van der Waals surface area contributed by atoms with Crippen LogP contribution < -0.4 is 0 Å². The Morgan fingerprint density at radius 2 is 1.36 bits per heavy atom. The Kier molecular flexibility index (Phi) is 5.85. The van der Waals surface area contributed by atoms with Crippen LogP contribution in [0.5, 0.6) is 0 Å². The second kappa shape index (κ2) is 5.83. The first-order valence-corrected chi connectivity index (χ1v) is 6.33. The zero-order valence-corrected chi connectivity index (χ0v) is 11.2. The molecule has 0 amide bonds. The molecule has 0 aliphatic carbocycles. The summed E-state index contributed by atoms with van der Waals surface area (Å²) in [6.45, 7) is 14.2. The van der Waals surface area contributed by atoms with Crippen molar-refractivity contribution in [3.63, 3.8) is 0 Å². The van der Waals surface area contributed by atoms with E-state index in [1.165, 1.54) is 39.3 Å². The summed E-state index contributed by atoms with van der Waals surface area (Å²) >= 11 is 0. The van der Waals surface area contributed by atoms with Gasteiger partial charge in [0.15, 0.2) is 0 Å². The van der Waals surface area contributed by atoms with Crippen molar-refractivity contribution >= 4 is 7.28 Å². The van der Waals surface area contributed by atoms with Crippen LogP contribution in [0.3, 0.4) is 0 Å². The quantitative estimate of drug-likeness (QED) is 0.519. The minimum absolute atomic E-state index is 0.555. The van der Waals surface area contributed by atoms with E-state index in [2.05, 4.69) is 41.5 Å². The van der Waals surface area contributed by atoms with Crippen LogP contribution in [0.2, 0.25) is 11.6 Å². The summed E-state index contributed by atoms with van der Waals surface area (Å²) in [6.07, 6.45) is 6.76. The Morgan fingerprint density at radius 3 is 1.79 bits per heavy atom. The van der Waals surface area contributed by atoms with Gasteiger partial charge in [0.1, 0.15) is 7.28 Å². The van der Waals surface area contributed by atoms with Gasteiger partial charge in [-0.2, -0.15) is 0 Å². The van der Waals surface area contributed by atoms with Gasteiger partial charge >= 0.3 is 0 Å². The van der Waals surface area contributed by atoms with Crippen molar-refractivity contribution in [1.29, 1.82) is 0 Å². The van der Waals surface area contributed by atoms with Crippen LogP contribution in [0.4, 0.5) is 0 Å². The molecule has 0 spiro atoms. The summed E-state index contributed by atoms with van der Waals surface area (Å²) < 4.78 is 0. The van der Waals surface area contributed by atoms with E-state index in [9.17, 15) is 0 Å². The minimum Gasteiger partial charge on any atom is -0.0718 e. The molecule has 0 radical (unpaired) electrons. The summed E-state index contributed by atoms with van der Waals surface area (Å²) in [5.41, 5.74) is 0.555. The van der Waals surface area contributed by atoms with Crippen molar-refractivity contribution in [3.8, 4) is 0 Å². The van der Waals surface area contributed by atoms with Gasteiger partial charge in [-0.25, -0.2) is 0 Å². The van der Waals surface area contributed by atoms with Crippen molar-refractivity contribution in [2.75, 3.05) is 0 Å². The molecule has 0 fully saturated rings. The van der Waals surface area contributed by atoms with Crippen LogP contribution in [-0.4, -0.2) is 7.28 Å². The fraction of sp³-hybridized carbons (Fsp3) is 1.00. The predicted molar refractivity (Wildman–Crippen MR) is 69.6 cm³/mol. The summed E-state index contributed by atoms with van der Waals surface area (Å²) in [4.78, 5) is 0. The van der Waals surface area contributed by atoms with Gasteiger partial charge in [0.25, 0.3) is 0 Å². The lowest BCUT2D eigenvalue weighted by molar-refractivity contribution is 0.367. The Balaban J connectivity index is 3.90. The highest BCUT2D eigenvalue weighted by molar-refractivity contribution is 6.39. The Bertz CT molecular complexity index is 129. The average molecular weight is 196 g/mol. The van der Waals surface area contributed by atoms with Crippen molar-refractivity contribution in [2.24, 2.45) is 5.41 Å². The first-order valence-electron chi connectivity index (χ1n) is 6.33. The third-order valence-corrected chi connectivity index (χ3v) is 3.33. The van der Waals surface area contributed by atoms with Gasteiger partial charge in [-0.05, 0) is 11.8 Å². The van der Waals surface area contributed by atoms with Crippen LogP contribution in [0.25, 0.3) is 0 Å². The molecule has 0 aromatic rings. The fourth-order valence-electron chi connectivity index (χ4n) is 2.28. The van der Waals surface area contributed by atoms with Crippen LogP contribution in [0.1, 0.15) is 67.2 Å². The molecule has 0 heterocycles. The topological polar surface area (TPSA) is 0 Å². The monoisotopic (exact) mass is 196 g/mol. The van der Waals surface area contributed by atoms with Gasteiger partial charge in [0.05, 0.1) is 0 Å². The van der Waals surface area contributed by atoms with Gasteiger partial charge in [-0.1, -0.05) is 72.4 Å². The van der Waals surface area contributed by atoms with Gasteiger partial charge in [0, 0.05) is 0 Å². The maximum Gasteiger partial charge on any atom is 0.127 e. The normalized spacial score (nSPS) is 13.0. The SMILES string of the molecule is CCCC(C)(C)BCC(C)(C)CCC. The maximum atomic E-state index is 2.42. The van der Waals surface area contributed by atoms with Crippen LogP contribution >= 0.6 is 0 Å². The second-order valence-corrected chi connectivity index (χ2v) is 6.33. The molecule has 0 rings (SSSR count). The Hall–Kier alpha value is 0.0649. The standard InChI is InChI=1S/C13H29B/c1-7-9-12(3,4)11-14-13(5,6)10-8-2/h14H,7-11H2,1-6H3. The van der Waals surface area contributed by atoms with Crippen molar-refractivity contribution in [1.82, 2.24) is 0 Å². The molecule has 14 heavy (non-hydrogen) atoms. The molecular formula is C13H29B. The molecule has 1 heteroatoms. The van der Waals surface area contributed by atoms with Crippen LogP contribution in [0.15, 0.2) is 0 Å². The Morgan fingerprint density at radius 1 is 0.857 bits per heavy atom. The van der Waals surface area contributed by atoms with E-state index in [0.717, 1.165) is 0 Å². The summed E-state index contributed by atoms with van der Waals surface area (Å²) in [5, 5.41) is 0.555. The van der Waals surface area contributed by atoms with E-state index >= 15 is 0 Å². The average Bonchev–Trinajstić information content (AvgIpc) is 2.01. The zero-order valence-electron chi connectivity index (χ0n) is 11.2. The molecule has 0 aromatic carbocycles. The number of rotatable bonds is 7. The third-order valence-electron chi connectivity index (χ3n) is 3.33. The molecule has 0 nitrogen and oxygen atoms in total. The lowest BCUT2D eigenvalue weighted by Gasteiger charge is -2.30. The van der Waals surface area contributed by atoms with Gasteiger partial charge in [-0.3, -0.25) is 0 Å². The largest absolute Gasteiger partial charge is 0.127 e. The highest BCUT2D eigenvalue weighted by atomic mass is 14.2. The van der Waals surface area contributed by atoms with Gasteiger partial charge in [-0.15, -0.1) is 0 Å². The molecular weight excluding hydrogens is 167 g/mol. The second-order valence-electron chi connectivity index (χ2n) is 6.33. The highest BCUT2D eigenvalue weighted by Crippen LogP contribution is 2.35. The van der Waals surface area contributed by atoms with Crippen LogP contribution in [-0.2, 0) is 0 Å². The van der Waals surface area contributed by atoms with Gasteiger partial charge < -0.3 is 0 Å². The molecule has 0 saturated heterocycles. The summed E-state index contributed by atoms with van der Waals surface area (Å²) in [6, 6.07) is 0. The molecule has 0 aromatic heterocycles. The van der Waals surface area contributed by atoms with Crippen LogP contribution in [0, 0.1) is 5.41 Å². The Labute approximate surface area is 92.1 Å². The van der Waals surface area contributed by atoms with Gasteiger partial charge in [0.2, 0.25) is 0 Å². The molecule has 0 N–H and O–H groups in total. The minimum atomic E-state index is 0.555. The molecule has 0 aliphatic rings. The smallest absolute Gasteiger partial charge is 0.0718 e. The van der Waals surface area contributed by atoms with E-state index in [1.54, 1.807) is 0 Å². The zero-order chi connectivity index (χ0) is 11.2. The molecule has 0 atom stereocenters. The third kappa shape index (κ3) is 6.51. The lowest BCUT2D eigenvalue weighted by Crippen LogP contribution is -2.20. The molecule has 0 unspecified atom stereocenters. The van der Waals surface area contributed by atoms with Crippen molar-refractivity contribution < 1.29 is 0 Å². The summed E-state index contributed by atoms with van der Waals surface area (Å²) in [7, 11) is 1.38. The van der Waals surface area contributed by atoms with E-state index in [-0.39, 0.29) is 0 Å². The van der Waals surface area contributed by atoms with E-state index in [1.807, 2.05) is 0 Å². The first kappa shape index (κ1) is 14.1. The highest BCUT2D eigenvalue weighted by Gasteiger charge is 2.24. The fourth-order valence-corrected chi connectivity index (χ4v) is 2.28. The lowest BCUT2D eigenvalue weighted by atomic mass is 9.47.